The Morgan fingerprint density at radius 1 is 1.21 bits per heavy atom. The topological polar surface area (TPSA) is 46.6 Å². The van der Waals surface area contributed by atoms with Crippen molar-refractivity contribution in [3.05, 3.63) is 30.3 Å². The largest absolute Gasteiger partial charge is 0.368 e. The van der Waals surface area contributed by atoms with Crippen molar-refractivity contribution in [2.75, 3.05) is 5.75 Å². The number of thioether (sulfide) groups is 1. The molecule has 5 heteroatoms. The summed E-state index contributed by atoms with van der Waals surface area (Å²) in [6.07, 6.45) is 0. The highest BCUT2D eigenvalue weighted by molar-refractivity contribution is 8.14. The molecule has 1 saturated heterocycles. The van der Waals surface area contributed by atoms with Crippen LogP contribution in [0.4, 0.5) is 4.79 Å². The lowest BCUT2D eigenvalue weighted by Gasteiger charge is -2.12. The van der Waals surface area contributed by atoms with Gasteiger partial charge in [-0.1, -0.05) is 35.0 Å². The lowest BCUT2D eigenvalue weighted by Crippen LogP contribution is -2.31. The van der Waals surface area contributed by atoms with Crippen molar-refractivity contribution in [1.82, 2.24) is 5.06 Å². The minimum atomic E-state index is -0.362. The maximum Gasteiger partial charge on any atom is 0.322 e. The van der Waals surface area contributed by atoms with Gasteiger partial charge in [0.1, 0.15) is 0 Å². The average molecular weight is 209 g/mol. The standard InChI is InChI=1S/C9H7NO3S/c11-8-6-14-9(12)10(8)13-7-4-2-1-3-5-7/h1-5H,6H2. The third-order valence-corrected chi connectivity index (χ3v) is 2.46. The van der Waals surface area contributed by atoms with Crippen molar-refractivity contribution >= 4 is 22.9 Å². The molecule has 0 aliphatic carbocycles. The number of carbonyl (C=O) groups is 2. The zero-order chi connectivity index (χ0) is 9.97. The lowest BCUT2D eigenvalue weighted by molar-refractivity contribution is -0.141. The van der Waals surface area contributed by atoms with E-state index in [0.29, 0.717) is 5.75 Å². The third-order valence-electron chi connectivity index (χ3n) is 1.65. The molecular weight excluding hydrogens is 202 g/mol. The van der Waals surface area contributed by atoms with Crippen molar-refractivity contribution in [2.24, 2.45) is 0 Å². The second-order valence-electron chi connectivity index (χ2n) is 2.65. The first-order chi connectivity index (χ1) is 6.77. The molecule has 4 nitrogen and oxygen atoms in total. The second-order valence-corrected chi connectivity index (χ2v) is 3.57. The molecule has 0 radical (unpaired) electrons. The van der Waals surface area contributed by atoms with E-state index in [4.69, 9.17) is 4.84 Å². The Hall–Kier alpha value is -1.49. The molecule has 0 spiro atoms. The van der Waals surface area contributed by atoms with E-state index in [9.17, 15) is 9.59 Å². The van der Waals surface area contributed by atoms with Gasteiger partial charge in [-0.3, -0.25) is 9.59 Å². The summed E-state index contributed by atoms with van der Waals surface area (Å²) in [6.45, 7) is 0. The molecule has 14 heavy (non-hydrogen) atoms. The fourth-order valence-electron chi connectivity index (χ4n) is 1.02. The van der Waals surface area contributed by atoms with E-state index in [-0.39, 0.29) is 16.9 Å². The molecule has 0 saturated carbocycles. The van der Waals surface area contributed by atoms with Gasteiger partial charge in [-0.2, -0.15) is 0 Å². The van der Waals surface area contributed by atoms with Crippen LogP contribution in [-0.4, -0.2) is 22.0 Å². The fourth-order valence-corrected chi connectivity index (χ4v) is 1.64. The third kappa shape index (κ3) is 1.72. The zero-order valence-electron chi connectivity index (χ0n) is 7.17. The molecule has 1 heterocycles. The summed E-state index contributed by atoms with van der Waals surface area (Å²) < 4.78 is 0. The van der Waals surface area contributed by atoms with E-state index < -0.39 is 0 Å². The Kier molecular flexibility index (Phi) is 2.41. The Morgan fingerprint density at radius 2 is 1.93 bits per heavy atom. The highest BCUT2D eigenvalue weighted by Crippen LogP contribution is 2.21. The highest BCUT2D eigenvalue weighted by atomic mass is 32.2. The summed E-state index contributed by atoms with van der Waals surface area (Å²) in [4.78, 5) is 27.4. The van der Waals surface area contributed by atoms with Gasteiger partial charge in [0.15, 0.2) is 5.75 Å². The molecule has 1 aliphatic rings. The smallest absolute Gasteiger partial charge is 0.322 e. The van der Waals surface area contributed by atoms with E-state index in [0.717, 1.165) is 16.8 Å². The molecule has 0 aromatic heterocycles. The summed E-state index contributed by atoms with van der Waals surface area (Å²) >= 11 is 0.945. The van der Waals surface area contributed by atoms with Crippen LogP contribution in [0.15, 0.2) is 30.3 Å². The van der Waals surface area contributed by atoms with Gasteiger partial charge < -0.3 is 4.84 Å². The van der Waals surface area contributed by atoms with Gasteiger partial charge in [-0.25, -0.2) is 0 Å². The van der Waals surface area contributed by atoms with Crippen LogP contribution in [0.3, 0.4) is 0 Å². The zero-order valence-corrected chi connectivity index (χ0v) is 7.99. The van der Waals surface area contributed by atoms with Crippen molar-refractivity contribution in [1.29, 1.82) is 0 Å². The number of imide groups is 1. The Bertz CT molecular complexity index is 350. The molecule has 2 rings (SSSR count). The van der Waals surface area contributed by atoms with Crippen LogP contribution in [0.5, 0.6) is 5.75 Å². The van der Waals surface area contributed by atoms with Crippen LogP contribution in [0, 0.1) is 0 Å². The van der Waals surface area contributed by atoms with E-state index >= 15 is 0 Å². The van der Waals surface area contributed by atoms with Gasteiger partial charge in [0.05, 0.1) is 5.75 Å². The molecule has 0 N–H and O–H groups in total. The number of amides is 2. The van der Waals surface area contributed by atoms with E-state index in [1.165, 1.54) is 0 Å². The second kappa shape index (κ2) is 3.71. The van der Waals surface area contributed by atoms with Crippen molar-refractivity contribution < 1.29 is 14.4 Å². The van der Waals surface area contributed by atoms with Gasteiger partial charge >= 0.3 is 5.24 Å². The number of rotatable bonds is 2. The van der Waals surface area contributed by atoms with Crippen molar-refractivity contribution in [2.45, 2.75) is 0 Å². The first-order valence-corrected chi connectivity index (χ1v) is 4.98. The normalized spacial score (nSPS) is 16.1. The summed E-state index contributed by atoms with van der Waals surface area (Å²) in [6, 6.07) is 8.74. The monoisotopic (exact) mass is 209 g/mol. The van der Waals surface area contributed by atoms with Gasteiger partial charge in [0.2, 0.25) is 0 Å². The number of hydroxylamine groups is 2. The minimum absolute atomic E-state index is 0.158. The van der Waals surface area contributed by atoms with Gasteiger partial charge in [0.25, 0.3) is 5.91 Å². The fraction of sp³-hybridized carbons (Fsp3) is 0.111. The number of carbonyl (C=O) groups excluding carboxylic acids is 2. The maximum atomic E-state index is 11.1. The number of para-hydroxylation sites is 1. The molecule has 1 fully saturated rings. The molecule has 0 atom stereocenters. The van der Waals surface area contributed by atoms with E-state index in [2.05, 4.69) is 0 Å². The first-order valence-electron chi connectivity index (χ1n) is 4.00. The quantitative estimate of drug-likeness (QED) is 0.743. The molecule has 2 amide bonds. The van der Waals surface area contributed by atoms with Gasteiger partial charge in [0, 0.05) is 0 Å². The van der Waals surface area contributed by atoms with Crippen LogP contribution in [-0.2, 0) is 4.79 Å². The first kappa shape index (κ1) is 9.08. The summed E-state index contributed by atoms with van der Waals surface area (Å²) in [5.74, 6) is 0.326. The Balaban J connectivity index is 2.11. The summed E-state index contributed by atoms with van der Waals surface area (Å²) in [5, 5.41) is 0.429. The Labute approximate surface area is 84.8 Å². The molecule has 1 aromatic carbocycles. The van der Waals surface area contributed by atoms with Gasteiger partial charge in [-0.15, -0.1) is 0 Å². The highest BCUT2D eigenvalue weighted by Gasteiger charge is 2.32. The summed E-state index contributed by atoms with van der Waals surface area (Å²) in [7, 11) is 0. The average Bonchev–Trinajstić information content (AvgIpc) is 2.51. The van der Waals surface area contributed by atoms with Gasteiger partial charge in [-0.05, 0) is 12.1 Å². The molecule has 1 aromatic rings. The number of hydrogen-bond donors (Lipinski definition) is 0. The SMILES string of the molecule is O=C1CSC(=O)N1Oc1ccccc1. The maximum absolute atomic E-state index is 11.1. The van der Waals surface area contributed by atoms with Crippen LogP contribution >= 0.6 is 11.8 Å². The molecule has 1 aliphatic heterocycles. The number of nitrogens with zero attached hydrogens (tertiary/aromatic N) is 1. The predicted molar refractivity (Wildman–Crippen MR) is 51.8 cm³/mol. The molecule has 0 bridgehead atoms. The number of hydrogen-bond acceptors (Lipinski definition) is 4. The molecule has 72 valence electrons. The lowest BCUT2D eigenvalue weighted by atomic mass is 10.3. The molecule has 0 unspecified atom stereocenters. The summed E-state index contributed by atoms with van der Waals surface area (Å²) in [5.41, 5.74) is 0. The number of benzene rings is 1. The van der Waals surface area contributed by atoms with Crippen LogP contribution in [0.2, 0.25) is 0 Å². The molecular formula is C9H7NO3S. The van der Waals surface area contributed by atoms with E-state index in [1.54, 1.807) is 24.3 Å². The van der Waals surface area contributed by atoms with Crippen molar-refractivity contribution in [3.8, 4) is 5.75 Å². The minimum Gasteiger partial charge on any atom is -0.368 e. The Morgan fingerprint density at radius 3 is 2.50 bits per heavy atom. The van der Waals surface area contributed by atoms with Crippen molar-refractivity contribution in [3.63, 3.8) is 0 Å². The van der Waals surface area contributed by atoms with Crippen LogP contribution in [0.1, 0.15) is 0 Å². The van der Waals surface area contributed by atoms with Crippen LogP contribution in [0.25, 0.3) is 0 Å². The predicted octanol–water partition coefficient (Wildman–Crippen LogP) is 1.68. The van der Waals surface area contributed by atoms with Crippen LogP contribution < -0.4 is 4.84 Å². The van der Waals surface area contributed by atoms with E-state index in [1.807, 2.05) is 6.07 Å².